The Labute approximate surface area is 141 Å². The number of aromatic nitrogens is 3. The molecular weight excluding hydrogens is 343 g/mol. The van der Waals surface area contributed by atoms with Crippen molar-refractivity contribution in [2.75, 3.05) is 5.32 Å². The molecule has 0 radical (unpaired) electrons. The average Bonchev–Trinajstić information content (AvgIpc) is 2.83. The molecule has 0 bridgehead atoms. The van der Waals surface area contributed by atoms with Crippen molar-refractivity contribution in [1.29, 1.82) is 0 Å². The zero-order valence-electron chi connectivity index (χ0n) is 12.6. The zero-order chi connectivity index (χ0) is 17.0. The summed E-state index contributed by atoms with van der Waals surface area (Å²) in [5.41, 5.74) is -0.259. The van der Waals surface area contributed by atoms with Gasteiger partial charge in [-0.15, -0.1) is 5.10 Å². The van der Waals surface area contributed by atoms with Crippen LogP contribution in [-0.4, -0.2) is 25.9 Å². The van der Waals surface area contributed by atoms with Crippen LogP contribution in [0.4, 0.5) is 10.1 Å². The smallest absolute Gasteiger partial charge is 0.323 e. The second-order valence-electron chi connectivity index (χ2n) is 4.84. The second kappa shape index (κ2) is 7.65. The van der Waals surface area contributed by atoms with Gasteiger partial charge >= 0.3 is 5.69 Å². The van der Waals surface area contributed by atoms with Crippen LogP contribution in [0.25, 0.3) is 0 Å². The van der Waals surface area contributed by atoms with Crippen molar-refractivity contribution in [2.24, 2.45) is 0 Å². The van der Waals surface area contributed by atoms with Gasteiger partial charge in [-0.2, -0.15) is 0 Å². The molecule has 23 heavy (non-hydrogen) atoms. The van der Waals surface area contributed by atoms with E-state index < -0.39 is 17.0 Å². The maximum Gasteiger partial charge on any atom is 0.343 e. The maximum atomic E-state index is 13.7. The number of nitrogens with zero attached hydrogens (tertiary/aromatic N) is 2. The number of halogens is 2. The number of rotatable bonds is 6. The topological polar surface area (TPSA) is 79.8 Å². The van der Waals surface area contributed by atoms with Gasteiger partial charge < -0.3 is 5.32 Å². The predicted molar refractivity (Wildman–Crippen MR) is 88.5 cm³/mol. The Bertz CT molecular complexity index is 761. The third-order valence-electron chi connectivity index (χ3n) is 3.01. The van der Waals surface area contributed by atoms with Gasteiger partial charge in [-0.3, -0.25) is 9.36 Å². The van der Waals surface area contributed by atoms with Crippen LogP contribution in [0.1, 0.15) is 20.3 Å². The van der Waals surface area contributed by atoms with Gasteiger partial charge in [-0.25, -0.2) is 14.3 Å². The largest absolute Gasteiger partial charge is 0.343 e. The standard InChI is InChI=1S/C14H16ClFN4O2S/c1-3-6-20-13(22)18-19-14(20)23-8(2)12(21)17-11-5-4-9(15)7-10(11)16/h4-5,7-8H,3,6H2,1-2H3,(H,17,21)(H,18,22)/t8-/m0/s1. The summed E-state index contributed by atoms with van der Waals surface area (Å²) in [6.45, 7) is 4.11. The summed E-state index contributed by atoms with van der Waals surface area (Å²) in [6.07, 6.45) is 0.767. The molecule has 0 fully saturated rings. The molecule has 0 aliphatic carbocycles. The number of H-pyrrole nitrogens is 1. The summed E-state index contributed by atoms with van der Waals surface area (Å²) in [5, 5.41) is 8.89. The van der Waals surface area contributed by atoms with Crippen LogP contribution in [0, 0.1) is 5.82 Å². The van der Waals surface area contributed by atoms with Crippen LogP contribution < -0.4 is 11.0 Å². The Kier molecular flexibility index (Phi) is 5.84. The van der Waals surface area contributed by atoms with Gasteiger partial charge in [0.15, 0.2) is 5.16 Å². The lowest BCUT2D eigenvalue weighted by molar-refractivity contribution is -0.115. The first-order valence-corrected chi connectivity index (χ1v) is 8.26. The third kappa shape index (κ3) is 4.35. The minimum absolute atomic E-state index is 0.0554. The summed E-state index contributed by atoms with van der Waals surface area (Å²) >= 11 is 6.80. The van der Waals surface area contributed by atoms with Crippen LogP contribution in [0.3, 0.4) is 0 Å². The number of anilines is 1. The van der Waals surface area contributed by atoms with Gasteiger partial charge in [0.25, 0.3) is 0 Å². The molecular formula is C14H16ClFN4O2S. The number of thioether (sulfide) groups is 1. The molecule has 2 rings (SSSR count). The van der Waals surface area contributed by atoms with Crippen LogP contribution in [-0.2, 0) is 11.3 Å². The molecule has 124 valence electrons. The number of aromatic amines is 1. The number of amides is 1. The molecule has 0 aliphatic rings. The van der Waals surface area contributed by atoms with Crippen molar-refractivity contribution >= 4 is 35.0 Å². The highest BCUT2D eigenvalue weighted by molar-refractivity contribution is 8.00. The van der Waals surface area contributed by atoms with E-state index in [0.29, 0.717) is 11.7 Å². The molecule has 0 unspecified atom stereocenters. The monoisotopic (exact) mass is 358 g/mol. The number of hydrogen-bond donors (Lipinski definition) is 2. The van der Waals surface area contributed by atoms with E-state index in [2.05, 4.69) is 15.5 Å². The minimum atomic E-state index is -0.606. The number of nitrogens with one attached hydrogen (secondary N) is 2. The lowest BCUT2D eigenvalue weighted by atomic mass is 10.3. The Morgan fingerprint density at radius 1 is 1.57 bits per heavy atom. The zero-order valence-corrected chi connectivity index (χ0v) is 14.2. The Balaban J connectivity index is 2.07. The van der Waals surface area contributed by atoms with E-state index in [0.717, 1.165) is 24.2 Å². The quantitative estimate of drug-likeness (QED) is 0.778. The third-order valence-corrected chi connectivity index (χ3v) is 4.34. The number of benzene rings is 1. The number of carbonyl (C=O) groups excluding carboxylic acids is 1. The lowest BCUT2D eigenvalue weighted by Gasteiger charge is -2.12. The fraction of sp³-hybridized carbons (Fsp3) is 0.357. The van der Waals surface area contributed by atoms with Crippen molar-refractivity contribution in [1.82, 2.24) is 14.8 Å². The molecule has 2 N–H and O–H groups in total. The molecule has 1 heterocycles. The van der Waals surface area contributed by atoms with Gasteiger partial charge in [0.2, 0.25) is 5.91 Å². The van der Waals surface area contributed by atoms with E-state index in [1.54, 1.807) is 6.92 Å². The SMILES string of the molecule is CCCn1c(S[C@@H](C)C(=O)Nc2ccc(Cl)cc2F)n[nH]c1=O. The molecule has 2 aromatic rings. The average molecular weight is 359 g/mol. The fourth-order valence-electron chi connectivity index (χ4n) is 1.85. The van der Waals surface area contributed by atoms with Crippen molar-refractivity contribution in [3.63, 3.8) is 0 Å². The molecule has 1 aromatic carbocycles. The number of hydrogen-bond acceptors (Lipinski definition) is 4. The molecule has 6 nitrogen and oxygen atoms in total. The van der Waals surface area contributed by atoms with Gasteiger partial charge in [0.05, 0.1) is 10.9 Å². The van der Waals surface area contributed by atoms with Crippen LogP contribution in [0.2, 0.25) is 5.02 Å². The first-order valence-electron chi connectivity index (χ1n) is 7.00. The van der Waals surface area contributed by atoms with Crippen LogP contribution in [0.5, 0.6) is 0 Å². The molecule has 9 heteroatoms. The predicted octanol–water partition coefficient (Wildman–Crippen LogP) is 2.89. The van der Waals surface area contributed by atoms with Crippen LogP contribution in [0.15, 0.2) is 28.2 Å². The van der Waals surface area contributed by atoms with Gasteiger partial charge in [0, 0.05) is 11.6 Å². The fourth-order valence-corrected chi connectivity index (χ4v) is 2.89. The van der Waals surface area contributed by atoms with E-state index >= 15 is 0 Å². The van der Waals surface area contributed by atoms with E-state index in [1.807, 2.05) is 6.92 Å². The molecule has 0 saturated carbocycles. The lowest BCUT2D eigenvalue weighted by Crippen LogP contribution is -2.24. The highest BCUT2D eigenvalue weighted by atomic mass is 35.5. The summed E-state index contributed by atoms with van der Waals surface area (Å²) in [7, 11) is 0. The highest BCUT2D eigenvalue weighted by Gasteiger charge is 2.20. The molecule has 1 atom stereocenters. The molecule has 1 amide bonds. The van der Waals surface area contributed by atoms with Crippen molar-refractivity contribution in [2.45, 2.75) is 37.2 Å². The maximum absolute atomic E-state index is 13.7. The summed E-state index contributed by atoms with van der Waals surface area (Å²) < 4.78 is 15.2. The van der Waals surface area contributed by atoms with Gasteiger partial charge in [-0.05, 0) is 31.5 Å². The van der Waals surface area contributed by atoms with Crippen molar-refractivity contribution in [3.05, 3.63) is 39.5 Å². The first kappa shape index (κ1) is 17.6. The van der Waals surface area contributed by atoms with E-state index in [-0.39, 0.29) is 16.4 Å². The Morgan fingerprint density at radius 3 is 2.96 bits per heavy atom. The molecule has 0 aliphatic heterocycles. The minimum Gasteiger partial charge on any atom is -0.323 e. The number of carbonyl (C=O) groups is 1. The van der Waals surface area contributed by atoms with Crippen molar-refractivity contribution in [3.8, 4) is 0 Å². The second-order valence-corrected chi connectivity index (χ2v) is 6.58. The summed E-state index contributed by atoms with van der Waals surface area (Å²) in [5.74, 6) is -1.000. The molecule has 0 saturated heterocycles. The first-order chi connectivity index (χ1) is 10.9. The van der Waals surface area contributed by atoms with Gasteiger partial charge in [0.1, 0.15) is 5.82 Å². The summed E-state index contributed by atoms with van der Waals surface area (Å²) in [6, 6.07) is 4.01. The van der Waals surface area contributed by atoms with E-state index in [1.165, 1.54) is 16.7 Å². The molecule has 1 aromatic heterocycles. The normalized spacial score (nSPS) is 12.2. The Hall–Kier alpha value is -1.80. The van der Waals surface area contributed by atoms with E-state index in [9.17, 15) is 14.0 Å². The summed E-state index contributed by atoms with van der Waals surface area (Å²) in [4.78, 5) is 23.8. The van der Waals surface area contributed by atoms with Crippen LogP contribution >= 0.6 is 23.4 Å². The molecule has 0 spiro atoms. The van der Waals surface area contributed by atoms with Crippen molar-refractivity contribution < 1.29 is 9.18 Å². The van der Waals surface area contributed by atoms with E-state index in [4.69, 9.17) is 11.6 Å². The van der Waals surface area contributed by atoms with Gasteiger partial charge in [-0.1, -0.05) is 30.3 Å². The highest BCUT2D eigenvalue weighted by Crippen LogP contribution is 2.23. The Morgan fingerprint density at radius 2 is 2.30 bits per heavy atom.